The molecule has 2 nitrogen and oxygen atoms in total. The maximum Gasteiger partial charge on any atom is 0.0368 e. The van der Waals surface area contributed by atoms with E-state index in [4.69, 9.17) is 0 Å². The Morgan fingerprint density at radius 2 is 2.12 bits per heavy atom. The van der Waals surface area contributed by atoms with E-state index in [1.165, 1.54) is 17.7 Å². The Morgan fingerprint density at radius 3 is 2.69 bits per heavy atom. The van der Waals surface area contributed by atoms with E-state index >= 15 is 0 Å². The first-order chi connectivity index (χ1) is 7.67. The Labute approximate surface area is 99.7 Å². The molecule has 0 spiro atoms. The molecule has 90 valence electrons. The van der Waals surface area contributed by atoms with Crippen molar-refractivity contribution in [2.75, 3.05) is 25.0 Å². The fourth-order valence-corrected chi connectivity index (χ4v) is 1.79. The topological polar surface area (TPSA) is 15.3 Å². The second-order valence-electron chi connectivity index (χ2n) is 4.40. The van der Waals surface area contributed by atoms with Crippen LogP contribution < -0.4 is 10.2 Å². The lowest BCUT2D eigenvalue weighted by Crippen LogP contribution is -2.30. The molecule has 1 aromatic rings. The molecule has 16 heavy (non-hydrogen) atoms. The molecule has 0 amide bonds. The SMILES string of the molecule is CCN(CCC(C)NC)c1cccc(C)c1. The van der Waals surface area contributed by atoms with Crippen molar-refractivity contribution in [2.24, 2.45) is 0 Å². The van der Waals surface area contributed by atoms with Crippen LogP contribution in [0.3, 0.4) is 0 Å². The maximum absolute atomic E-state index is 3.28. The van der Waals surface area contributed by atoms with Gasteiger partial charge in [0.25, 0.3) is 0 Å². The van der Waals surface area contributed by atoms with Crippen LogP contribution in [0.15, 0.2) is 24.3 Å². The zero-order valence-corrected chi connectivity index (χ0v) is 11.0. The number of hydrogen-bond donors (Lipinski definition) is 1. The van der Waals surface area contributed by atoms with Crippen LogP contribution in [-0.2, 0) is 0 Å². The van der Waals surface area contributed by atoms with Crippen LogP contribution in [0.25, 0.3) is 0 Å². The molecule has 0 bridgehead atoms. The summed E-state index contributed by atoms with van der Waals surface area (Å²) in [7, 11) is 2.02. The number of hydrogen-bond acceptors (Lipinski definition) is 2. The third-order valence-electron chi connectivity index (χ3n) is 3.07. The summed E-state index contributed by atoms with van der Waals surface area (Å²) >= 11 is 0. The van der Waals surface area contributed by atoms with Gasteiger partial charge >= 0.3 is 0 Å². The van der Waals surface area contributed by atoms with Crippen LogP contribution in [0.2, 0.25) is 0 Å². The molecule has 2 heteroatoms. The van der Waals surface area contributed by atoms with Gasteiger partial charge in [0.05, 0.1) is 0 Å². The lowest BCUT2D eigenvalue weighted by molar-refractivity contribution is 0.558. The molecule has 1 atom stereocenters. The Bertz CT molecular complexity index is 309. The number of nitrogens with zero attached hydrogens (tertiary/aromatic N) is 1. The zero-order chi connectivity index (χ0) is 12.0. The summed E-state index contributed by atoms with van der Waals surface area (Å²) in [5.74, 6) is 0. The smallest absolute Gasteiger partial charge is 0.0368 e. The van der Waals surface area contributed by atoms with Gasteiger partial charge in [0.2, 0.25) is 0 Å². The summed E-state index contributed by atoms with van der Waals surface area (Å²) in [6.45, 7) is 8.77. The van der Waals surface area contributed by atoms with Crippen LogP contribution in [0, 0.1) is 6.92 Å². The lowest BCUT2D eigenvalue weighted by Gasteiger charge is -2.25. The van der Waals surface area contributed by atoms with Crippen LogP contribution in [0.4, 0.5) is 5.69 Å². The molecule has 0 aliphatic rings. The minimum absolute atomic E-state index is 0.582. The minimum atomic E-state index is 0.582. The number of benzene rings is 1. The molecular weight excluding hydrogens is 196 g/mol. The summed E-state index contributed by atoms with van der Waals surface area (Å²) in [5.41, 5.74) is 2.67. The first-order valence-corrected chi connectivity index (χ1v) is 6.16. The molecule has 1 aromatic carbocycles. The molecule has 1 N–H and O–H groups in total. The molecule has 0 fully saturated rings. The van der Waals surface area contributed by atoms with E-state index in [0.29, 0.717) is 6.04 Å². The van der Waals surface area contributed by atoms with E-state index in [0.717, 1.165) is 13.1 Å². The molecule has 0 aromatic heterocycles. The zero-order valence-electron chi connectivity index (χ0n) is 11.0. The quantitative estimate of drug-likeness (QED) is 0.793. The van der Waals surface area contributed by atoms with E-state index in [2.05, 4.69) is 55.3 Å². The molecule has 0 aliphatic carbocycles. The highest BCUT2D eigenvalue weighted by atomic mass is 15.1. The maximum atomic E-state index is 3.28. The van der Waals surface area contributed by atoms with Gasteiger partial charge in [-0.3, -0.25) is 0 Å². The van der Waals surface area contributed by atoms with Crippen molar-refractivity contribution in [3.8, 4) is 0 Å². The van der Waals surface area contributed by atoms with Gasteiger partial charge in [-0.1, -0.05) is 12.1 Å². The van der Waals surface area contributed by atoms with Crippen LogP contribution in [0.5, 0.6) is 0 Å². The Kier molecular flexibility index (Phi) is 5.33. The van der Waals surface area contributed by atoms with Crippen LogP contribution in [0.1, 0.15) is 25.8 Å². The van der Waals surface area contributed by atoms with Crippen molar-refractivity contribution >= 4 is 5.69 Å². The average molecular weight is 220 g/mol. The van der Waals surface area contributed by atoms with Crippen molar-refractivity contribution in [1.82, 2.24) is 5.32 Å². The second-order valence-corrected chi connectivity index (χ2v) is 4.40. The largest absolute Gasteiger partial charge is 0.372 e. The standard InChI is InChI=1S/C14H24N2/c1-5-16(10-9-13(3)15-4)14-8-6-7-12(2)11-14/h6-8,11,13,15H,5,9-10H2,1-4H3. The van der Waals surface area contributed by atoms with Gasteiger partial charge in [-0.2, -0.15) is 0 Å². The van der Waals surface area contributed by atoms with Gasteiger partial charge in [0.15, 0.2) is 0 Å². The van der Waals surface area contributed by atoms with Crippen molar-refractivity contribution in [3.63, 3.8) is 0 Å². The monoisotopic (exact) mass is 220 g/mol. The van der Waals surface area contributed by atoms with Crippen molar-refractivity contribution in [3.05, 3.63) is 29.8 Å². The van der Waals surface area contributed by atoms with Gasteiger partial charge in [0, 0.05) is 24.8 Å². The fraction of sp³-hybridized carbons (Fsp3) is 0.571. The highest BCUT2D eigenvalue weighted by Crippen LogP contribution is 2.16. The summed E-state index contributed by atoms with van der Waals surface area (Å²) in [4.78, 5) is 2.43. The van der Waals surface area contributed by atoms with Gasteiger partial charge in [0.1, 0.15) is 0 Å². The second kappa shape index (κ2) is 6.54. The molecule has 0 heterocycles. The predicted octanol–water partition coefficient (Wildman–Crippen LogP) is 2.82. The van der Waals surface area contributed by atoms with Crippen molar-refractivity contribution in [1.29, 1.82) is 0 Å². The number of anilines is 1. The van der Waals surface area contributed by atoms with E-state index in [-0.39, 0.29) is 0 Å². The van der Waals surface area contributed by atoms with E-state index in [1.807, 2.05) is 7.05 Å². The summed E-state index contributed by atoms with van der Waals surface area (Å²) in [5, 5.41) is 3.28. The highest BCUT2D eigenvalue weighted by molar-refractivity contribution is 5.48. The number of nitrogens with one attached hydrogen (secondary N) is 1. The van der Waals surface area contributed by atoms with E-state index in [1.54, 1.807) is 0 Å². The predicted molar refractivity (Wildman–Crippen MR) is 72.2 cm³/mol. The molecule has 0 radical (unpaired) electrons. The fourth-order valence-electron chi connectivity index (χ4n) is 1.79. The summed E-state index contributed by atoms with van der Waals surface area (Å²) in [6.07, 6.45) is 1.18. The minimum Gasteiger partial charge on any atom is -0.372 e. The molecule has 0 saturated carbocycles. The highest BCUT2D eigenvalue weighted by Gasteiger charge is 2.06. The van der Waals surface area contributed by atoms with E-state index < -0.39 is 0 Å². The number of aryl methyl sites for hydroxylation is 1. The van der Waals surface area contributed by atoms with Crippen LogP contribution in [-0.4, -0.2) is 26.2 Å². The number of rotatable bonds is 6. The molecular formula is C14H24N2. The van der Waals surface area contributed by atoms with Gasteiger partial charge in [-0.25, -0.2) is 0 Å². The third kappa shape index (κ3) is 3.86. The van der Waals surface area contributed by atoms with Crippen molar-refractivity contribution in [2.45, 2.75) is 33.2 Å². The Morgan fingerprint density at radius 1 is 1.38 bits per heavy atom. The summed E-state index contributed by atoms with van der Waals surface area (Å²) in [6, 6.07) is 9.31. The normalized spacial score (nSPS) is 12.5. The average Bonchev–Trinajstić information content (AvgIpc) is 2.29. The summed E-state index contributed by atoms with van der Waals surface area (Å²) < 4.78 is 0. The molecule has 1 unspecified atom stereocenters. The first-order valence-electron chi connectivity index (χ1n) is 6.16. The van der Waals surface area contributed by atoms with Crippen molar-refractivity contribution < 1.29 is 0 Å². The molecule has 1 rings (SSSR count). The Hall–Kier alpha value is -1.02. The third-order valence-corrected chi connectivity index (χ3v) is 3.07. The lowest BCUT2D eigenvalue weighted by atomic mass is 10.2. The van der Waals surface area contributed by atoms with Gasteiger partial charge < -0.3 is 10.2 Å². The molecule has 0 saturated heterocycles. The van der Waals surface area contributed by atoms with Crippen LogP contribution >= 0.6 is 0 Å². The van der Waals surface area contributed by atoms with Gasteiger partial charge in [-0.05, 0) is 51.9 Å². The van der Waals surface area contributed by atoms with Gasteiger partial charge in [-0.15, -0.1) is 0 Å². The van der Waals surface area contributed by atoms with E-state index in [9.17, 15) is 0 Å². The molecule has 0 aliphatic heterocycles. The first kappa shape index (κ1) is 13.0. The Balaban J connectivity index is 2.60.